The molecule has 1 N–H and O–H groups in total. The molecule has 1 aliphatic carbocycles. The van der Waals surface area contributed by atoms with Crippen molar-refractivity contribution in [1.82, 2.24) is 15.1 Å². The molecule has 5 heteroatoms. The van der Waals surface area contributed by atoms with Crippen LogP contribution in [0.15, 0.2) is 30.3 Å². The summed E-state index contributed by atoms with van der Waals surface area (Å²) in [5, 5.41) is 2.78. The predicted octanol–water partition coefficient (Wildman–Crippen LogP) is 3.24. The SMILES string of the molecule is O=C1NC[C@H](Cc2ccccc2)N(CC2CCN(CCCC3CCCC3)CC2)C1=O. The molecule has 1 aromatic rings. The quantitative estimate of drug-likeness (QED) is 0.668. The van der Waals surface area contributed by atoms with Gasteiger partial charge in [-0.05, 0) is 69.1 Å². The fourth-order valence-corrected chi connectivity index (χ4v) is 5.57. The number of nitrogens with one attached hydrogen (secondary N) is 1. The Kier molecular flexibility index (Phi) is 7.42. The Labute approximate surface area is 181 Å². The van der Waals surface area contributed by atoms with Gasteiger partial charge in [0.2, 0.25) is 0 Å². The molecular weight excluding hydrogens is 374 g/mol. The number of amides is 2. The maximum atomic E-state index is 12.6. The molecule has 30 heavy (non-hydrogen) atoms. The maximum Gasteiger partial charge on any atom is 0.312 e. The topological polar surface area (TPSA) is 52.7 Å². The third-order valence-electron chi connectivity index (χ3n) is 7.43. The van der Waals surface area contributed by atoms with E-state index in [-0.39, 0.29) is 11.9 Å². The van der Waals surface area contributed by atoms with E-state index in [9.17, 15) is 9.59 Å². The molecule has 2 saturated heterocycles. The van der Waals surface area contributed by atoms with Gasteiger partial charge in [0.05, 0.1) is 6.04 Å². The van der Waals surface area contributed by atoms with Crippen molar-refractivity contribution in [3.63, 3.8) is 0 Å². The lowest BCUT2D eigenvalue weighted by Gasteiger charge is -2.40. The van der Waals surface area contributed by atoms with Gasteiger partial charge in [-0.1, -0.05) is 56.0 Å². The van der Waals surface area contributed by atoms with E-state index in [0.29, 0.717) is 12.5 Å². The highest BCUT2D eigenvalue weighted by Gasteiger charge is 2.35. The summed E-state index contributed by atoms with van der Waals surface area (Å²) in [7, 11) is 0. The molecule has 0 bridgehead atoms. The van der Waals surface area contributed by atoms with Crippen LogP contribution in [-0.2, 0) is 16.0 Å². The van der Waals surface area contributed by atoms with Gasteiger partial charge >= 0.3 is 11.8 Å². The summed E-state index contributed by atoms with van der Waals surface area (Å²) in [5.74, 6) is 0.703. The van der Waals surface area contributed by atoms with Gasteiger partial charge in [-0.2, -0.15) is 0 Å². The van der Waals surface area contributed by atoms with E-state index >= 15 is 0 Å². The van der Waals surface area contributed by atoms with Crippen molar-refractivity contribution in [3.8, 4) is 0 Å². The number of carbonyl (C=O) groups excluding carboxylic acids is 2. The summed E-state index contributed by atoms with van der Waals surface area (Å²) in [5.41, 5.74) is 1.22. The van der Waals surface area contributed by atoms with Gasteiger partial charge < -0.3 is 15.1 Å². The molecular formula is C25H37N3O2. The number of likely N-dealkylation sites (tertiary alicyclic amines) is 1. The van der Waals surface area contributed by atoms with Gasteiger partial charge in [-0.3, -0.25) is 9.59 Å². The minimum atomic E-state index is -0.441. The Morgan fingerprint density at radius 1 is 0.933 bits per heavy atom. The van der Waals surface area contributed by atoms with Gasteiger partial charge in [0, 0.05) is 13.1 Å². The van der Waals surface area contributed by atoms with E-state index in [0.717, 1.165) is 44.8 Å². The molecule has 3 aliphatic rings. The molecule has 1 atom stereocenters. The summed E-state index contributed by atoms with van der Waals surface area (Å²) in [4.78, 5) is 29.1. The average molecular weight is 412 g/mol. The first kappa shape index (κ1) is 21.4. The van der Waals surface area contributed by atoms with Crippen LogP contribution < -0.4 is 5.32 Å². The van der Waals surface area contributed by atoms with Gasteiger partial charge in [0.1, 0.15) is 0 Å². The number of hydrogen-bond donors (Lipinski definition) is 1. The first-order chi connectivity index (χ1) is 14.7. The fraction of sp³-hybridized carbons (Fsp3) is 0.680. The van der Waals surface area contributed by atoms with Crippen LogP contribution in [0.3, 0.4) is 0 Å². The summed E-state index contributed by atoms with van der Waals surface area (Å²) in [6.07, 6.45) is 11.6. The van der Waals surface area contributed by atoms with Crippen LogP contribution in [0.5, 0.6) is 0 Å². The highest BCUT2D eigenvalue weighted by Crippen LogP contribution is 2.29. The van der Waals surface area contributed by atoms with E-state index < -0.39 is 5.91 Å². The van der Waals surface area contributed by atoms with E-state index in [4.69, 9.17) is 0 Å². The zero-order valence-electron chi connectivity index (χ0n) is 18.2. The highest BCUT2D eigenvalue weighted by molar-refractivity contribution is 6.35. The average Bonchev–Trinajstić information content (AvgIpc) is 3.29. The molecule has 4 rings (SSSR count). The summed E-state index contributed by atoms with van der Waals surface area (Å²) >= 11 is 0. The second-order valence-electron chi connectivity index (χ2n) is 9.59. The molecule has 0 aromatic heterocycles. The van der Waals surface area contributed by atoms with E-state index in [1.807, 2.05) is 23.1 Å². The number of carbonyl (C=O) groups is 2. The fourth-order valence-electron chi connectivity index (χ4n) is 5.57. The number of nitrogens with zero attached hydrogens (tertiary/aromatic N) is 2. The lowest BCUT2D eigenvalue weighted by Crippen LogP contribution is -2.60. The van der Waals surface area contributed by atoms with Crippen molar-refractivity contribution in [2.24, 2.45) is 11.8 Å². The highest BCUT2D eigenvalue weighted by atomic mass is 16.2. The Hall–Kier alpha value is -1.88. The van der Waals surface area contributed by atoms with E-state index in [1.54, 1.807) is 0 Å². The number of rotatable bonds is 8. The smallest absolute Gasteiger partial charge is 0.312 e. The Morgan fingerprint density at radius 2 is 1.67 bits per heavy atom. The van der Waals surface area contributed by atoms with Crippen molar-refractivity contribution in [2.45, 2.75) is 63.8 Å². The van der Waals surface area contributed by atoms with Crippen molar-refractivity contribution in [3.05, 3.63) is 35.9 Å². The van der Waals surface area contributed by atoms with Gasteiger partial charge in [-0.15, -0.1) is 0 Å². The Balaban J connectivity index is 1.25. The van der Waals surface area contributed by atoms with Crippen LogP contribution in [0.4, 0.5) is 0 Å². The van der Waals surface area contributed by atoms with Crippen LogP contribution >= 0.6 is 0 Å². The van der Waals surface area contributed by atoms with Crippen LogP contribution in [0.2, 0.25) is 0 Å². The summed E-state index contributed by atoms with van der Waals surface area (Å²) < 4.78 is 0. The standard InChI is InChI=1S/C25H37N3O2/c29-24-25(30)28(23(18-26-24)17-21-9-2-1-3-10-21)19-22-12-15-27(16-13-22)14-6-11-20-7-4-5-8-20/h1-3,9-10,20,22-23H,4-8,11-19H2,(H,26,29)/t23-/m0/s1. The molecule has 2 aliphatic heterocycles. The normalized spacial score (nSPS) is 24.4. The van der Waals surface area contributed by atoms with Gasteiger partial charge in [0.15, 0.2) is 0 Å². The van der Waals surface area contributed by atoms with E-state index in [2.05, 4.69) is 22.3 Å². The molecule has 3 fully saturated rings. The van der Waals surface area contributed by atoms with Crippen molar-refractivity contribution in [1.29, 1.82) is 0 Å². The van der Waals surface area contributed by atoms with Crippen molar-refractivity contribution >= 4 is 11.8 Å². The van der Waals surface area contributed by atoms with Gasteiger partial charge in [-0.25, -0.2) is 0 Å². The molecule has 0 unspecified atom stereocenters. The Morgan fingerprint density at radius 3 is 2.40 bits per heavy atom. The van der Waals surface area contributed by atoms with Crippen LogP contribution in [0.1, 0.15) is 56.9 Å². The predicted molar refractivity (Wildman–Crippen MR) is 119 cm³/mol. The molecule has 164 valence electrons. The summed E-state index contributed by atoms with van der Waals surface area (Å²) in [6.45, 7) is 4.77. The first-order valence-electron chi connectivity index (χ1n) is 12.0. The van der Waals surface area contributed by atoms with Crippen molar-refractivity contribution < 1.29 is 9.59 Å². The third kappa shape index (κ3) is 5.63. The molecule has 1 aromatic carbocycles. The third-order valence-corrected chi connectivity index (χ3v) is 7.43. The molecule has 1 saturated carbocycles. The molecule has 5 nitrogen and oxygen atoms in total. The molecule has 2 heterocycles. The number of piperazine rings is 1. The number of benzene rings is 1. The van der Waals surface area contributed by atoms with Crippen LogP contribution in [0, 0.1) is 11.8 Å². The second kappa shape index (κ2) is 10.4. The lowest BCUT2D eigenvalue weighted by molar-refractivity contribution is -0.151. The maximum absolute atomic E-state index is 12.6. The zero-order chi connectivity index (χ0) is 20.8. The zero-order valence-corrected chi connectivity index (χ0v) is 18.2. The van der Waals surface area contributed by atoms with Gasteiger partial charge in [0.25, 0.3) is 0 Å². The largest absolute Gasteiger partial charge is 0.346 e. The second-order valence-corrected chi connectivity index (χ2v) is 9.59. The van der Waals surface area contributed by atoms with E-state index in [1.165, 1.54) is 50.6 Å². The molecule has 2 amide bonds. The summed E-state index contributed by atoms with van der Waals surface area (Å²) in [6, 6.07) is 10.3. The number of piperidine rings is 1. The molecule has 0 spiro atoms. The van der Waals surface area contributed by atoms with Crippen LogP contribution in [0.25, 0.3) is 0 Å². The minimum Gasteiger partial charge on any atom is -0.346 e. The lowest BCUT2D eigenvalue weighted by atomic mass is 9.93. The number of hydrogen-bond acceptors (Lipinski definition) is 3. The van der Waals surface area contributed by atoms with Crippen molar-refractivity contribution in [2.75, 3.05) is 32.7 Å². The molecule has 0 radical (unpaired) electrons. The van der Waals surface area contributed by atoms with Crippen LogP contribution in [-0.4, -0.2) is 60.4 Å². The first-order valence-corrected chi connectivity index (χ1v) is 12.0. The minimum absolute atomic E-state index is 0.0574. The Bertz CT molecular complexity index is 694. The monoisotopic (exact) mass is 411 g/mol.